The number of nitrogens with zero attached hydrogens (tertiary/aromatic N) is 4. The largest absolute Gasteiger partial charge is 0.419 e. The Morgan fingerprint density at radius 1 is 1.16 bits per heavy atom. The molecule has 9 nitrogen and oxygen atoms in total. The second-order valence-electron chi connectivity index (χ2n) is 8.06. The van der Waals surface area contributed by atoms with Gasteiger partial charge in [0, 0.05) is 44.4 Å². The summed E-state index contributed by atoms with van der Waals surface area (Å²) in [5.74, 6) is -0.840. The van der Waals surface area contributed by atoms with Crippen LogP contribution in [-0.4, -0.2) is 46.9 Å². The van der Waals surface area contributed by atoms with Gasteiger partial charge in [0.15, 0.2) is 5.58 Å². The molecule has 1 aliphatic heterocycles. The molecule has 4 rings (SSSR count). The average molecular weight is 459 g/mol. The number of pyridine rings is 1. The second kappa shape index (κ2) is 8.87. The van der Waals surface area contributed by atoms with E-state index in [0.29, 0.717) is 24.1 Å². The van der Waals surface area contributed by atoms with E-state index in [1.54, 1.807) is 24.4 Å². The van der Waals surface area contributed by atoms with Gasteiger partial charge in [0.25, 0.3) is 0 Å². The summed E-state index contributed by atoms with van der Waals surface area (Å²) in [6.07, 6.45) is 3.38. The molecule has 0 radical (unpaired) electrons. The van der Waals surface area contributed by atoms with Gasteiger partial charge in [0.2, 0.25) is 15.9 Å². The molecule has 1 saturated heterocycles. The van der Waals surface area contributed by atoms with Crippen LogP contribution < -0.4 is 11.2 Å². The zero-order valence-electron chi connectivity index (χ0n) is 18.1. The molecule has 3 heterocycles. The normalized spacial score (nSPS) is 15.8. The topological polar surface area (TPSA) is 107 Å². The number of aromatic nitrogens is 2. The number of hydrogen-bond donors (Lipinski definition) is 0. The number of carbonyl (C=O) groups is 1. The van der Waals surface area contributed by atoms with Crippen molar-refractivity contribution < 1.29 is 17.6 Å². The molecule has 2 aromatic heterocycles. The van der Waals surface area contributed by atoms with Crippen molar-refractivity contribution >= 4 is 27.0 Å². The van der Waals surface area contributed by atoms with Crippen LogP contribution in [0.15, 0.2) is 61.7 Å². The van der Waals surface area contributed by atoms with Gasteiger partial charge >= 0.3 is 5.76 Å². The molecular formula is C22H26N4O5S. The molecule has 0 atom stereocenters. The van der Waals surface area contributed by atoms with Crippen LogP contribution in [0.25, 0.3) is 11.1 Å². The summed E-state index contributed by atoms with van der Waals surface area (Å²) >= 11 is 0. The molecule has 0 amide bonds. The molecule has 0 aliphatic carbocycles. The highest BCUT2D eigenvalue weighted by Gasteiger charge is 2.28. The first-order valence-electron chi connectivity index (χ1n) is 10.7. The van der Waals surface area contributed by atoms with Crippen LogP contribution in [0.5, 0.6) is 0 Å². The molecule has 1 aromatic carbocycles. The van der Waals surface area contributed by atoms with E-state index in [-0.39, 0.29) is 35.4 Å². The number of rotatable bonds is 6. The van der Waals surface area contributed by atoms with Gasteiger partial charge in [-0.2, -0.15) is 4.31 Å². The van der Waals surface area contributed by atoms with Gasteiger partial charge in [-0.25, -0.2) is 13.2 Å². The van der Waals surface area contributed by atoms with Crippen molar-refractivity contribution in [2.24, 2.45) is 4.99 Å². The zero-order chi connectivity index (χ0) is 22.9. The molecule has 1 fully saturated rings. The predicted octanol–water partition coefficient (Wildman–Crippen LogP) is 2.22. The fraction of sp³-hybridized carbons (Fsp3) is 0.409. The summed E-state index contributed by atoms with van der Waals surface area (Å²) < 4.78 is 35.1. The number of benzene rings is 1. The Morgan fingerprint density at radius 2 is 1.91 bits per heavy atom. The lowest BCUT2D eigenvalue weighted by Gasteiger charge is -2.15. The minimum Gasteiger partial charge on any atom is -0.408 e. The van der Waals surface area contributed by atoms with Gasteiger partial charge in [0.05, 0.1) is 10.4 Å². The summed E-state index contributed by atoms with van der Waals surface area (Å²) in [6, 6.07) is 9.78. The Kier molecular flexibility index (Phi) is 6.16. The Balaban J connectivity index is 1.59. The molecular weight excluding hydrogens is 432 g/mol. The van der Waals surface area contributed by atoms with E-state index >= 15 is 0 Å². The van der Waals surface area contributed by atoms with Crippen molar-refractivity contribution in [1.82, 2.24) is 13.4 Å². The van der Waals surface area contributed by atoms with Crippen LogP contribution in [0, 0.1) is 0 Å². The first-order valence-corrected chi connectivity index (χ1v) is 12.1. The summed E-state index contributed by atoms with van der Waals surface area (Å²) in [5.41, 5.74) is 1.19. The molecule has 3 aromatic rings. The Labute approximate surface area is 185 Å². The highest BCUT2D eigenvalue weighted by Crippen LogP contribution is 2.24. The lowest BCUT2D eigenvalue weighted by Crippen LogP contribution is -2.29. The molecule has 0 bridgehead atoms. The third-order valence-electron chi connectivity index (χ3n) is 5.39. The predicted molar refractivity (Wildman–Crippen MR) is 119 cm³/mol. The van der Waals surface area contributed by atoms with Gasteiger partial charge in [-0.05, 0) is 51.0 Å². The SMILES string of the molecule is CC(C)N=c1ccccn1C(=O)CCn1c(=O)oc2cc(S(=O)(=O)N3CCCC3)ccc21. The molecule has 1 aliphatic rings. The van der Waals surface area contributed by atoms with Gasteiger partial charge in [-0.3, -0.25) is 18.9 Å². The molecule has 0 spiro atoms. The minimum atomic E-state index is -3.62. The van der Waals surface area contributed by atoms with Gasteiger partial charge < -0.3 is 4.42 Å². The highest BCUT2D eigenvalue weighted by atomic mass is 32.2. The summed E-state index contributed by atoms with van der Waals surface area (Å²) in [5, 5.41) is 0. The van der Waals surface area contributed by atoms with Crippen LogP contribution in [-0.2, 0) is 16.6 Å². The van der Waals surface area contributed by atoms with Crippen molar-refractivity contribution in [3.63, 3.8) is 0 Å². The van der Waals surface area contributed by atoms with E-state index in [9.17, 15) is 18.0 Å². The quantitative estimate of drug-likeness (QED) is 0.563. The van der Waals surface area contributed by atoms with Crippen LogP contribution in [0.1, 0.15) is 37.9 Å². The molecule has 32 heavy (non-hydrogen) atoms. The van der Waals surface area contributed by atoms with Gasteiger partial charge in [0.1, 0.15) is 5.49 Å². The van der Waals surface area contributed by atoms with Crippen molar-refractivity contribution in [3.05, 3.63) is 58.6 Å². The molecule has 10 heteroatoms. The van der Waals surface area contributed by atoms with E-state index in [2.05, 4.69) is 4.99 Å². The molecule has 170 valence electrons. The monoisotopic (exact) mass is 458 g/mol. The summed E-state index contributed by atoms with van der Waals surface area (Å²) in [7, 11) is -3.62. The fourth-order valence-corrected chi connectivity index (χ4v) is 5.37. The van der Waals surface area contributed by atoms with Crippen LogP contribution >= 0.6 is 0 Å². The number of aryl methyl sites for hydroxylation is 1. The summed E-state index contributed by atoms with van der Waals surface area (Å²) in [6.45, 7) is 4.95. The van der Waals surface area contributed by atoms with Crippen molar-refractivity contribution in [3.8, 4) is 0 Å². The lowest BCUT2D eigenvalue weighted by atomic mass is 10.3. The maximum Gasteiger partial charge on any atom is 0.419 e. The van der Waals surface area contributed by atoms with Crippen LogP contribution in [0.2, 0.25) is 0 Å². The second-order valence-corrected chi connectivity index (χ2v) is 9.99. The van der Waals surface area contributed by atoms with Gasteiger partial charge in [-0.15, -0.1) is 0 Å². The zero-order valence-corrected chi connectivity index (χ0v) is 18.9. The van der Waals surface area contributed by atoms with Gasteiger partial charge in [-0.1, -0.05) is 6.07 Å². The molecule has 0 saturated carbocycles. The first kappa shape index (κ1) is 22.2. The maximum absolute atomic E-state index is 12.8. The van der Waals surface area contributed by atoms with Crippen molar-refractivity contribution in [2.75, 3.05) is 13.1 Å². The van der Waals surface area contributed by atoms with E-state index in [0.717, 1.165) is 12.8 Å². The minimum absolute atomic E-state index is 0.0305. The molecule has 0 unspecified atom stereocenters. The average Bonchev–Trinajstić information content (AvgIpc) is 3.40. The van der Waals surface area contributed by atoms with Crippen molar-refractivity contribution in [2.45, 2.75) is 50.6 Å². The smallest absolute Gasteiger partial charge is 0.408 e. The number of sulfonamides is 1. The standard InChI is InChI=1S/C22H26N4O5S/c1-16(2)23-20-7-3-4-13-26(20)21(27)10-14-25-18-9-8-17(15-19(18)31-22(25)28)32(29,30)24-11-5-6-12-24/h3-4,7-9,13,15-16H,5-6,10-12,14H2,1-2H3. The van der Waals surface area contributed by atoms with E-state index < -0.39 is 15.8 Å². The first-order chi connectivity index (χ1) is 15.3. The van der Waals surface area contributed by atoms with E-state index in [4.69, 9.17) is 4.42 Å². The number of carbonyl (C=O) groups excluding carboxylic acids is 1. The molecule has 0 N–H and O–H groups in total. The van der Waals surface area contributed by atoms with Crippen LogP contribution in [0.4, 0.5) is 0 Å². The Morgan fingerprint density at radius 3 is 2.62 bits per heavy atom. The number of fused-ring (bicyclic) bond motifs is 1. The Hall–Kier alpha value is -2.98. The fourth-order valence-electron chi connectivity index (χ4n) is 3.84. The lowest BCUT2D eigenvalue weighted by molar-refractivity contribution is 0.0891. The number of hydrogen-bond acceptors (Lipinski definition) is 6. The van der Waals surface area contributed by atoms with E-state index in [1.807, 2.05) is 19.9 Å². The Bertz CT molecular complexity index is 1380. The summed E-state index contributed by atoms with van der Waals surface area (Å²) in [4.78, 5) is 29.8. The van der Waals surface area contributed by atoms with E-state index in [1.165, 1.54) is 25.6 Å². The van der Waals surface area contributed by atoms with Crippen LogP contribution in [0.3, 0.4) is 0 Å². The highest BCUT2D eigenvalue weighted by molar-refractivity contribution is 7.89. The van der Waals surface area contributed by atoms with Crippen molar-refractivity contribution in [1.29, 1.82) is 0 Å². The number of oxazole rings is 1. The third kappa shape index (κ3) is 4.33. The third-order valence-corrected chi connectivity index (χ3v) is 7.28. The maximum atomic E-state index is 12.8.